The number of fused-ring (bicyclic) bond motifs is 6. The predicted molar refractivity (Wildman–Crippen MR) is 233 cm³/mol. The van der Waals surface area contributed by atoms with Crippen molar-refractivity contribution in [2.24, 2.45) is 0 Å². The molecule has 0 N–H and O–H groups in total. The smallest absolute Gasteiger partial charge is 0.0540 e. The minimum Gasteiger partial charge on any atom is -0.310 e. The van der Waals surface area contributed by atoms with Crippen molar-refractivity contribution in [1.82, 2.24) is 0 Å². The van der Waals surface area contributed by atoms with E-state index in [0.29, 0.717) is 0 Å². The minimum atomic E-state index is -0.0812. The highest BCUT2D eigenvalue weighted by molar-refractivity contribution is 5.91. The Morgan fingerprint density at radius 3 is 1.47 bits per heavy atom. The molecule has 0 amide bonds. The molecule has 0 fully saturated rings. The van der Waals surface area contributed by atoms with Crippen molar-refractivity contribution in [3.05, 3.63) is 210 Å². The summed E-state index contributed by atoms with van der Waals surface area (Å²) >= 11 is 0. The van der Waals surface area contributed by atoms with Gasteiger partial charge >= 0.3 is 0 Å². The first-order valence-electron chi connectivity index (χ1n) is 19.4. The number of hydrogen-bond donors (Lipinski definition) is 0. The Bertz CT molecular complexity index is 2730. The Kier molecular flexibility index (Phi) is 7.58. The molecule has 0 radical (unpaired) electrons. The first-order valence-corrected chi connectivity index (χ1v) is 19.4. The molecule has 8 aromatic carbocycles. The average Bonchev–Trinajstić information content (AvgIpc) is 3.61. The Morgan fingerprint density at radius 2 is 0.782 bits per heavy atom. The maximum Gasteiger partial charge on any atom is 0.0540 e. The van der Waals surface area contributed by atoms with Crippen molar-refractivity contribution in [3.63, 3.8) is 0 Å². The van der Waals surface area contributed by atoms with E-state index in [0.717, 1.165) is 17.1 Å². The van der Waals surface area contributed by atoms with Crippen LogP contribution < -0.4 is 4.90 Å². The van der Waals surface area contributed by atoms with Gasteiger partial charge in [0.2, 0.25) is 0 Å². The first-order chi connectivity index (χ1) is 26.8. The van der Waals surface area contributed by atoms with Crippen LogP contribution in [0, 0.1) is 0 Å². The number of benzene rings is 8. The van der Waals surface area contributed by atoms with E-state index in [-0.39, 0.29) is 10.8 Å². The summed E-state index contributed by atoms with van der Waals surface area (Å²) in [5.74, 6) is 0. The van der Waals surface area contributed by atoms with E-state index < -0.39 is 0 Å². The molecule has 8 aromatic rings. The Balaban J connectivity index is 1.06. The first kappa shape index (κ1) is 33.2. The van der Waals surface area contributed by atoms with Gasteiger partial charge in [0, 0.05) is 27.8 Å². The van der Waals surface area contributed by atoms with Gasteiger partial charge in [0.1, 0.15) is 0 Å². The molecular formula is C54H43N. The highest BCUT2D eigenvalue weighted by atomic mass is 15.1. The molecule has 0 aliphatic heterocycles. The van der Waals surface area contributed by atoms with Crippen molar-refractivity contribution in [1.29, 1.82) is 0 Å². The third kappa shape index (κ3) is 5.22. The van der Waals surface area contributed by atoms with Gasteiger partial charge in [-0.2, -0.15) is 0 Å². The lowest BCUT2D eigenvalue weighted by Crippen LogP contribution is -2.16. The van der Waals surface area contributed by atoms with Gasteiger partial charge in [-0.05, 0) is 109 Å². The van der Waals surface area contributed by atoms with Gasteiger partial charge in [-0.15, -0.1) is 0 Å². The van der Waals surface area contributed by atoms with Gasteiger partial charge in [-0.1, -0.05) is 179 Å². The molecule has 1 heteroatoms. The van der Waals surface area contributed by atoms with E-state index in [1.807, 2.05) is 0 Å². The minimum absolute atomic E-state index is 0.0362. The standard InChI is InChI=1S/C54H43N/c1-53(2)48-22-11-8-18-44(48)46-34-29-39(35-50(46)53)36-25-30-40(31-26-36)55(51-24-13-10-17-42(51)37-15-6-5-7-16-37)41-32-27-38(28-33-41)43-20-14-21-47-45-19-9-12-23-49(45)54(3,4)52(43)47/h5-35H,1-4H3. The zero-order chi connectivity index (χ0) is 37.3. The van der Waals surface area contributed by atoms with Crippen molar-refractivity contribution in [3.8, 4) is 55.6 Å². The van der Waals surface area contributed by atoms with Gasteiger partial charge in [-0.3, -0.25) is 0 Å². The monoisotopic (exact) mass is 705 g/mol. The summed E-state index contributed by atoms with van der Waals surface area (Å²) in [6.45, 7) is 9.43. The van der Waals surface area contributed by atoms with Gasteiger partial charge in [0.15, 0.2) is 0 Å². The molecular weight excluding hydrogens is 663 g/mol. The second kappa shape index (κ2) is 12.6. The topological polar surface area (TPSA) is 3.24 Å². The molecule has 0 atom stereocenters. The largest absolute Gasteiger partial charge is 0.310 e. The van der Waals surface area contributed by atoms with Crippen molar-refractivity contribution >= 4 is 17.1 Å². The summed E-state index contributed by atoms with van der Waals surface area (Å²) < 4.78 is 0. The van der Waals surface area contributed by atoms with Gasteiger partial charge in [-0.25, -0.2) is 0 Å². The van der Waals surface area contributed by atoms with Crippen LogP contribution in [-0.2, 0) is 10.8 Å². The maximum atomic E-state index is 2.41. The molecule has 2 aliphatic rings. The highest BCUT2D eigenvalue weighted by Crippen LogP contribution is 2.53. The Hall–Kier alpha value is -6.44. The van der Waals surface area contributed by atoms with Crippen LogP contribution in [-0.4, -0.2) is 0 Å². The van der Waals surface area contributed by atoms with E-state index in [4.69, 9.17) is 0 Å². The van der Waals surface area contributed by atoms with Crippen LogP contribution in [0.5, 0.6) is 0 Å². The van der Waals surface area contributed by atoms with E-state index in [1.165, 1.54) is 77.9 Å². The fourth-order valence-electron chi connectivity index (χ4n) is 9.52. The third-order valence-electron chi connectivity index (χ3n) is 12.3. The summed E-state index contributed by atoms with van der Waals surface area (Å²) in [5, 5.41) is 0. The zero-order valence-corrected chi connectivity index (χ0v) is 31.8. The fourth-order valence-corrected chi connectivity index (χ4v) is 9.52. The van der Waals surface area contributed by atoms with Crippen LogP contribution in [0.1, 0.15) is 49.9 Å². The lowest BCUT2D eigenvalue weighted by atomic mass is 9.79. The molecule has 0 saturated heterocycles. The Labute approximate surface area is 325 Å². The maximum absolute atomic E-state index is 2.41. The summed E-state index contributed by atoms with van der Waals surface area (Å²) in [4.78, 5) is 2.41. The van der Waals surface area contributed by atoms with Crippen molar-refractivity contribution in [2.75, 3.05) is 4.90 Å². The molecule has 2 aliphatic carbocycles. The molecule has 55 heavy (non-hydrogen) atoms. The second-order valence-corrected chi connectivity index (χ2v) is 16.1. The van der Waals surface area contributed by atoms with Crippen LogP contribution in [0.15, 0.2) is 188 Å². The lowest BCUT2D eigenvalue weighted by Gasteiger charge is -2.29. The molecule has 0 saturated carbocycles. The number of rotatable bonds is 6. The zero-order valence-electron chi connectivity index (χ0n) is 31.8. The molecule has 1 nitrogen and oxygen atoms in total. The molecule has 0 aromatic heterocycles. The van der Waals surface area contributed by atoms with Crippen LogP contribution in [0.25, 0.3) is 55.6 Å². The van der Waals surface area contributed by atoms with E-state index in [9.17, 15) is 0 Å². The predicted octanol–water partition coefficient (Wildman–Crippen LogP) is 14.8. The van der Waals surface area contributed by atoms with Crippen molar-refractivity contribution < 1.29 is 0 Å². The fraction of sp³-hybridized carbons (Fsp3) is 0.111. The third-order valence-corrected chi connectivity index (χ3v) is 12.3. The Morgan fingerprint density at radius 1 is 0.309 bits per heavy atom. The summed E-state index contributed by atoms with van der Waals surface area (Å²) in [6, 6.07) is 69.4. The summed E-state index contributed by atoms with van der Waals surface area (Å²) in [7, 11) is 0. The van der Waals surface area contributed by atoms with Gasteiger partial charge < -0.3 is 4.90 Å². The molecule has 10 rings (SSSR count). The van der Waals surface area contributed by atoms with Crippen LogP contribution in [0.2, 0.25) is 0 Å². The van der Waals surface area contributed by atoms with Crippen molar-refractivity contribution in [2.45, 2.75) is 38.5 Å². The van der Waals surface area contributed by atoms with Crippen LogP contribution in [0.3, 0.4) is 0 Å². The molecule has 264 valence electrons. The molecule has 0 unspecified atom stereocenters. The summed E-state index contributed by atoms with van der Waals surface area (Å²) in [6.07, 6.45) is 0. The van der Waals surface area contributed by atoms with Crippen LogP contribution >= 0.6 is 0 Å². The summed E-state index contributed by atoms with van der Waals surface area (Å²) in [5.41, 5.74) is 21.6. The number of para-hydroxylation sites is 1. The molecule has 0 spiro atoms. The van der Waals surface area contributed by atoms with Crippen LogP contribution in [0.4, 0.5) is 17.1 Å². The quantitative estimate of drug-likeness (QED) is 0.166. The van der Waals surface area contributed by atoms with Gasteiger partial charge in [0.05, 0.1) is 5.69 Å². The van der Waals surface area contributed by atoms with Gasteiger partial charge in [0.25, 0.3) is 0 Å². The lowest BCUT2D eigenvalue weighted by molar-refractivity contribution is 0.660. The van der Waals surface area contributed by atoms with E-state index in [2.05, 4.69) is 221 Å². The number of nitrogens with zero attached hydrogens (tertiary/aromatic N) is 1. The number of hydrogen-bond acceptors (Lipinski definition) is 1. The normalized spacial score (nSPS) is 14.1. The van der Waals surface area contributed by atoms with E-state index >= 15 is 0 Å². The van der Waals surface area contributed by atoms with E-state index in [1.54, 1.807) is 0 Å². The average molecular weight is 706 g/mol. The molecule has 0 bridgehead atoms. The SMILES string of the molecule is CC1(C)c2ccccc2-c2ccc(-c3ccc(N(c4ccc(-c5cccc6c5C(C)(C)c5ccccc5-6)cc4)c4ccccc4-c4ccccc4)cc3)cc21. The second-order valence-electron chi connectivity index (χ2n) is 16.1. The molecule has 0 heterocycles. The highest BCUT2D eigenvalue weighted by Gasteiger charge is 2.37. The number of anilines is 3.